The predicted octanol–water partition coefficient (Wildman–Crippen LogP) is 2.57. The largest absolute Gasteiger partial charge is 0.453 e. The number of hydrogen-bond acceptors (Lipinski definition) is 6. The molecule has 0 bridgehead atoms. The van der Waals surface area contributed by atoms with Gasteiger partial charge in [0.25, 0.3) is 0 Å². The van der Waals surface area contributed by atoms with E-state index in [1.54, 1.807) is 0 Å². The Morgan fingerprint density at radius 3 is 1.53 bits per heavy atom. The zero-order valence-electron chi connectivity index (χ0n) is 20.0. The third kappa shape index (κ3) is 5.57. The van der Waals surface area contributed by atoms with Gasteiger partial charge in [-0.25, -0.2) is 0 Å². The van der Waals surface area contributed by atoms with Gasteiger partial charge in [-0.2, -0.15) is 18.5 Å². The zero-order valence-corrected chi connectivity index (χ0v) is 20.0. The van der Waals surface area contributed by atoms with Gasteiger partial charge in [0.05, 0.1) is 0 Å². The summed E-state index contributed by atoms with van der Waals surface area (Å²) in [5.74, 6) is 2.45. The average Bonchev–Trinajstić information content (AvgIpc) is 3.37. The molecule has 6 aliphatic rings. The van der Waals surface area contributed by atoms with Gasteiger partial charge in [0.1, 0.15) is 0 Å². The Kier molecular flexibility index (Phi) is 6.84. The lowest BCUT2D eigenvalue weighted by Crippen LogP contribution is -2.44. The van der Waals surface area contributed by atoms with Crippen LogP contribution in [0.15, 0.2) is 0 Å². The monoisotopic (exact) mass is 417 g/mol. The van der Waals surface area contributed by atoms with Crippen LogP contribution in [0.25, 0.3) is 0 Å². The molecule has 6 fully saturated rings. The SMILES string of the molecule is C1CC2CCN[C-]2N1.CC1(C)CC2CC(C)(C)N[C-]2N1.CC1CC2CC(C)N[C-]2N1. The molecule has 0 aromatic heterocycles. The third-order valence-corrected chi connectivity index (χ3v) is 7.38. The molecule has 2 atom stereocenters. The molecule has 6 aliphatic heterocycles. The Morgan fingerprint density at radius 1 is 0.633 bits per heavy atom. The standard InChI is InChI=1S/C10H19N2.C8H15N2.C6H11N2/c1-9(2)5-7-6-10(3,4)12-8(7)11-9;1-5-3-7-4-6(2)10-8(7)9-5;1-3-7-6-5(1)2-4-8-6/h7,11-12H,5-6H2,1-4H3;5-7,9-10H,3-4H2,1-2H3;5,7-8H,1-4H2/q3*-1. The van der Waals surface area contributed by atoms with Crippen LogP contribution in [0.3, 0.4) is 0 Å². The lowest BCUT2D eigenvalue weighted by atomic mass is 9.90. The summed E-state index contributed by atoms with van der Waals surface area (Å²) in [6.45, 7) is 16.0. The van der Waals surface area contributed by atoms with Crippen LogP contribution in [-0.2, 0) is 0 Å². The average molecular weight is 418 g/mol. The van der Waals surface area contributed by atoms with E-state index in [0.29, 0.717) is 23.2 Å². The summed E-state index contributed by atoms with van der Waals surface area (Å²) in [5, 5.41) is 20.7. The smallest absolute Gasteiger partial charge is 0.0155 e. The van der Waals surface area contributed by atoms with Crippen molar-refractivity contribution in [2.75, 3.05) is 13.1 Å². The van der Waals surface area contributed by atoms with E-state index in [1.807, 2.05) is 0 Å². The molecule has 0 aromatic rings. The van der Waals surface area contributed by atoms with E-state index >= 15 is 0 Å². The van der Waals surface area contributed by atoms with Gasteiger partial charge in [-0.1, -0.05) is 52.4 Å². The second kappa shape index (κ2) is 8.95. The molecule has 0 saturated carbocycles. The van der Waals surface area contributed by atoms with Crippen LogP contribution in [0, 0.1) is 36.3 Å². The van der Waals surface area contributed by atoms with Crippen LogP contribution in [-0.4, -0.2) is 36.3 Å². The molecule has 0 radical (unpaired) electrons. The number of nitrogens with one attached hydrogen (secondary N) is 6. The van der Waals surface area contributed by atoms with Crippen LogP contribution < -0.4 is 31.9 Å². The van der Waals surface area contributed by atoms with Gasteiger partial charge in [-0.3, -0.25) is 0 Å². The Bertz CT molecular complexity index is 492. The summed E-state index contributed by atoms with van der Waals surface area (Å²) in [6.07, 6.45) is 12.1. The highest BCUT2D eigenvalue weighted by Crippen LogP contribution is 2.42. The second-order valence-electron chi connectivity index (χ2n) is 11.8. The minimum Gasteiger partial charge on any atom is -0.453 e. The summed E-state index contributed by atoms with van der Waals surface area (Å²) in [4.78, 5) is 0. The van der Waals surface area contributed by atoms with Gasteiger partial charge >= 0.3 is 0 Å². The molecule has 174 valence electrons. The van der Waals surface area contributed by atoms with Crippen LogP contribution in [0.4, 0.5) is 0 Å². The maximum absolute atomic E-state index is 3.55. The minimum atomic E-state index is 0.309. The first-order valence-electron chi connectivity index (χ1n) is 12.3. The lowest BCUT2D eigenvalue weighted by Gasteiger charge is -2.35. The van der Waals surface area contributed by atoms with Crippen molar-refractivity contribution in [2.45, 2.75) is 103 Å². The maximum atomic E-state index is 3.55. The first-order chi connectivity index (χ1) is 14.1. The molecule has 6 heteroatoms. The molecule has 0 aliphatic carbocycles. The molecule has 30 heavy (non-hydrogen) atoms. The first kappa shape index (κ1) is 22.9. The van der Waals surface area contributed by atoms with Crippen molar-refractivity contribution in [3.8, 4) is 0 Å². The molecule has 2 unspecified atom stereocenters. The number of fused-ring (bicyclic) bond motifs is 3. The Morgan fingerprint density at radius 2 is 1.13 bits per heavy atom. The fraction of sp³-hybridized carbons (Fsp3) is 0.875. The molecule has 6 heterocycles. The van der Waals surface area contributed by atoms with Crippen molar-refractivity contribution in [3.05, 3.63) is 18.5 Å². The van der Waals surface area contributed by atoms with Crippen molar-refractivity contribution in [3.63, 3.8) is 0 Å². The molecule has 0 amide bonds. The van der Waals surface area contributed by atoms with Gasteiger partial charge < -0.3 is 31.9 Å². The highest BCUT2D eigenvalue weighted by atomic mass is 15.2. The van der Waals surface area contributed by atoms with E-state index < -0.39 is 0 Å². The summed E-state index contributed by atoms with van der Waals surface area (Å²) < 4.78 is 0. The van der Waals surface area contributed by atoms with E-state index in [0.717, 1.165) is 17.8 Å². The Labute approximate surface area is 184 Å². The molecular weight excluding hydrogens is 372 g/mol. The fourth-order valence-electron chi connectivity index (χ4n) is 6.23. The van der Waals surface area contributed by atoms with Crippen LogP contribution in [0.1, 0.15) is 80.1 Å². The molecule has 6 nitrogen and oxygen atoms in total. The lowest BCUT2D eigenvalue weighted by molar-refractivity contribution is 0.359. The normalized spacial score (nSPS) is 38.0. The first-order valence-corrected chi connectivity index (χ1v) is 12.3. The van der Waals surface area contributed by atoms with Gasteiger partial charge in [0.2, 0.25) is 0 Å². The van der Waals surface area contributed by atoms with Gasteiger partial charge in [0.15, 0.2) is 0 Å². The third-order valence-electron chi connectivity index (χ3n) is 7.38. The van der Waals surface area contributed by atoms with Crippen LogP contribution in [0.5, 0.6) is 0 Å². The summed E-state index contributed by atoms with van der Waals surface area (Å²) in [7, 11) is 0. The van der Waals surface area contributed by atoms with Crippen LogP contribution in [0.2, 0.25) is 0 Å². The van der Waals surface area contributed by atoms with E-state index in [1.165, 1.54) is 70.1 Å². The Balaban J connectivity index is 0.000000111. The molecular formula is C24H45N6-3. The van der Waals surface area contributed by atoms with E-state index in [2.05, 4.69) is 73.4 Å². The molecule has 6 N–H and O–H groups in total. The van der Waals surface area contributed by atoms with E-state index in [9.17, 15) is 0 Å². The van der Waals surface area contributed by atoms with Crippen LogP contribution >= 0.6 is 0 Å². The van der Waals surface area contributed by atoms with Crippen molar-refractivity contribution in [2.24, 2.45) is 17.8 Å². The number of rotatable bonds is 0. The summed E-state index contributed by atoms with van der Waals surface area (Å²) >= 11 is 0. The quantitative estimate of drug-likeness (QED) is 0.341. The molecule has 0 aromatic carbocycles. The summed E-state index contributed by atoms with van der Waals surface area (Å²) in [6, 6.07) is 1.39. The minimum absolute atomic E-state index is 0.309. The van der Waals surface area contributed by atoms with Gasteiger partial charge in [-0.15, -0.1) is 17.8 Å². The summed E-state index contributed by atoms with van der Waals surface area (Å²) in [5.41, 5.74) is 0.618. The topological polar surface area (TPSA) is 72.2 Å². The van der Waals surface area contributed by atoms with E-state index in [4.69, 9.17) is 0 Å². The van der Waals surface area contributed by atoms with Crippen molar-refractivity contribution in [1.29, 1.82) is 0 Å². The van der Waals surface area contributed by atoms with Crippen molar-refractivity contribution >= 4 is 0 Å². The fourth-order valence-corrected chi connectivity index (χ4v) is 6.23. The highest BCUT2D eigenvalue weighted by Gasteiger charge is 2.37. The molecule has 0 spiro atoms. The molecule has 6 saturated heterocycles. The van der Waals surface area contributed by atoms with Crippen molar-refractivity contribution in [1.82, 2.24) is 31.9 Å². The molecule has 6 rings (SSSR count). The number of hydrogen-bond donors (Lipinski definition) is 6. The predicted molar refractivity (Wildman–Crippen MR) is 124 cm³/mol. The van der Waals surface area contributed by atoms with Gasteiger partial charge in [-0.05, 0) is 63.9 Å². The zero-order chi connectivity index (χ0) is 21.5. The highest BCUT2D eigenvalue weighted by molar-refractivity contribution is 5.15. The second-order valence-corrected chi connectivity index (χ2v) is 11.8. The Hall–Kier alpha value is -0.240. The maximum Gasteiger partial charge on any atom is -0.0155 e. The van der Waals surface area contributed by atoms with Gasteiger partial charge in [0, 0.05) is 0 Å². The van der Waals surface area contributed by atoms with Crippen molar-refractivity contribution < 1.29 is 0 Å². The van der Waals surface area contributed by atoms with E-state index in [-0.39, 0.29) is 0 Å².